The third kappa shape index (κ3) is 4.02. The molecule has 136 valence electrons. The quantitative estimate of drug-likeness (QED) is 0.778. The number of carbonyl (C=O) groups is 2. The SMILES string of the molecule is Cc1cccc([C@@H]2S[C@H](C)C(=O)N2CCN(C(=O)C2CC2)C(C)C)c1. The molecule has 0 aromatic heterocycles. The largest absolute Gasteiger partial charge is 0.338 e. The normalized spacial score (nSPS) is 23.4. The number of nitrogens with zero attached hydrogens (tertiary/aromatic N) is 2. The van der Waals surface area contributed by atoms with Crippen LogP contribution in [-0.2, 0) is 9.59 Å². The number of hydrogen-bond acceptors (Lipinski definition) is 3. The highest BCUT2D eigenvalue weighted by atomic mass is 32.2. The molecule has 1 saturated carbocycles. The molecule has 0 radical (unpaired) electrons. The molecule has 1 aliphatic heterocycles. The van der Waals surface area contributed by atoms with Gasteiger partial charge >= 0.3 is 0 Å². The van der Waals surface area contributed by atoms with Crippen LogP contribution in [-0.4, -0.2) is 46.0 Å². The monoisotopic (exact) mass is 360 g/mol. The molecule has 1 aliphatic carbocycles. The molecule has 1 aromatic rings. The molecule has 2 aliphatic rings. The van der Waals surface area contributed by atoms with E-state index in [1.165, 1.54) is 11.1 Å². The summed E-state index contributed by atoms with van der Waals surface area (Å²) >= 11 is 1.70. The van der Waals surface area contributed by atoms with Crippen LogP contribution in [0.4, 0.5) is 0 Å². The Bertz CT molecular complexity index is 657. The molecule has 1 heterocycles. The van der Waals surface area contributed by atoms with Crippen LogP contribution in [0.15, 0.2) is 24.3 Å². The standard InChI is InChI=1S/C20H28N2O2S/c1-13(2)21(19(24)16-8-9-16)10-11-22-18(23)15(4)25-20(22)17-7-5-6-14(3)12-17/h5-7,12-13,15-16,20H,8-11H2,1-4H3/t15-,20+/m1/s1. The van der Waals surface area contributed by atoms with Crippen molar-refractivity contribution in [3.05, 3.63) is 35.4 Å². The Hall–Kier alpha value is -1.49. The van der Waals surface area contributed by atoms with Gasteiger partial charge in [-0.1, -0.05) is 29.8 Å². The summed E-state index contributed by atoms with van der Waals surface area (Å²) in [4.78, 5) is 29.1. The van der Waals surface area contributed by atoms with Crippen molar-refractivity contribution in [2.75, 3.05) is 13.1 Å². The van der Waals surface area contributed by atoms with E-state index in [1.807, 2.05) is 22.8 Å². The molecule has 25 heavy (non-hydrogen) atoms. The maximum absolute atomic E-state index is 12.7. The summed E-state index contributed by atoms with van der Waals surface area (Å²) in [5, 5.41) is 0.0181. The van der Waals surface area contributed by atoms with Crippen LogP contribution in [0.25, 0.3) is 0 Å². The van der Waals surface area contributed by atoms with Gasteiger partial charge in [-0.25, -0.2) is 0 Å². The maximum atomic E-state index is 12.7. The molecular formula is C20H28N2O2S. The van der Waals surface area contributed by atoms with Gasteiger partial charge in [0.2, 0.25) is 11.8 Å². The fraction of sp³-hybridized carbons (Fsp3) is 0.600. The Balaban J connectivity index is 1.73. The smallest absolute Gasteiger partial charge is 0.236 e. The van der Waals surface area contributed by atoms with Gasteiger partial charge in [-0.15, -0.1) is 11.8 Å². The van der Waals surface area contributed by atoms with Gasteiger partial charge in [0.1, 0.15) is 5.37 Å². The van der Waals surface area contributed by atoms with Crippen molar-refractivity contribution in [2.45, 2.75) is 57.2 Å². The van der Waals surface area contributed by atoms with Gasteiger partial charge in [0, 0.05) is 25.0 Å². The molecule has 3 rings (SSSR count). The Labute approximate surface area is 154 Å². The first-order chi connectivity index (χ1) is 11.9. The lowest BCUT2D eigenvalue weighted by molar-refractivity contribution is -0.136. The molecule has 2 amide bonds. The van der Waals surface area contributed by atoms with Crippen LogP contribution in [0.5, 0.6) is 0 Å². The Morgan fingerprint density at radius 2 is 2.08 bits per heavy atom. The highest BCUT2D eigenvalue weighted by Crippen LogP contribution is 2.43. The zero-order valence-electron chi connectivity index (χ0n) is 15.6. The van der Waals surface area contributed by atoms with Crippen molar-refractivity contribution < 1.29 is 9.59 Å². The molecule has 2 fully saturated rings. The van der Waals surface area contributed by atoms with Crippen LogP contribution in [0.2, 0.25) is 0 Å². The molecule has 1 saturated heterocycles. The van der Waals surface area contributed by atoms with Crippen molar-refractivity contribution >= 4 is 23.6 Å². The lowest BCUT2D eigenvalue weighted by Crippen LogP contribution is -2.44. The average Bonchev–Trinajstić information content (AvgIpc) is 3.36. The van der Waals surface area contributed by atoms with Gasteiger partial charge in [-0.2, -0.15) is 0 Å². The summed E-state index contributed by atoms with van der Waals surface area (Å²) in [6.45, 7) is 9.39. The third-order valence-electron chi connectivity index (χ3n) is 4.99. The van der Waals surface area contributed by atoms with E-state index >= 15 is 0 Å². The molecule has 2 atom stereocenters. The summed E-state index contributed by atoms with van der Waals surface area (Å²) in [5.74, 6) is 0.658. The predicted molar refractivity (Wildman–Crippen MR) is 102 cm³/mol. The number of amides is 2. The second-order valence-corrected chi connectivity index (χ2v) is 8.90. The Morgan fingerprint density at radius 3 is 2.68 bits per heavy atom. The van der Waals surface area contributed by atoms with Gasteiger partial charge < -0.3 is 9.80 Å². The van der Waals surface area contributed by atoms with Gasteiger partial charge in [0.05, 0.1) is 5.25 Å². The summed E-state index contributed by atoms with van der Waals surface area (Å²) in [5.41, 5.74) is 2.38. The Kier molecular flexibility index (Phi) is 5.42. The van der Waals surface area contributed by atoms with E-state index < -0.39 is 0 Å². The fourth-order valence-electron chi connectivity index (χ4n) is 3.39. The molecule has 1 aromatic carbocycles. The summed E-state index contributed by atoms with van der Waals surface area (Å²) in [6, 6.07) is 8.55. The second kappa shape index (κ2) is 7.40. The van der Waals surface area contributed by atoms with E-state index in [2.05, 4.69) is 39.0 Å². The maximum Gasteiger partial charge on any atom is 0.236 e. The number of benzene rings is 1. The Morgan fingerprint density at radius 1 is 1.36 bits per heavy atom. The van der Waals surface area contributed by atoms with E-state index in [0.29, 0.717) is 13.1 Å². The molecule has 0 unspecified atom stereocenters. The van der Waals surface area contributed by atoms with Crippen LogP contribution in [0.1, 0.15) is 50.1 Å². The summed E-state index contributed by atoms with van der Waals surface area (Å²) < 4.78 is 0. The second-order valence-electron chi connectivity index (χ2n) is 7.48. The van der Waals surface area contributed by atoms with Gasteiger partial charge in [-0.05, 0) is 46.1 Å². The van der Waals surface area contributed by atoms with Crippen LogP contribution in [0, 0.1) is 12.8 Å². The van der Waals surface area contributed by atoms with E-state index in [4.69, 9.17) is 0 Å². The average molecular weight is 361 g/mol. The predicted octanol–water partition coefficient (Wildman–Crippen LogP) is 3.60. The van der Waals surface area contributed by atoms with E-state index in [9.17, 15) is 9.59 Å². The molecule has 0 spiro atoms. The minimum atomic E-state index is -0.0304. The number of hydrogen-bond donors (Lipinski definition) is 0. The van der Waals surface area contributed by atoms with Crippen molar-refractivity contribution in [3.8, 4) is 0 Å². The summed E-state index contributed by atoms with van der Waals surface area (Å²) in [7, 11) is 0. The van der Waals surface area contributed by atoms with Gasteiger partial charge in [0.25, 0.3) is 0 Å². The van der Waals surface area contributed by atoms with Crippen molar-refractivity contribution in [2.24, 2.45) is 5.92 Å². The van der Waals surface area contributed by atoms with Gasteiger partial charge in [0.15, 0.2) is 0 Å². The lowest BCUT2D eigenvalue weighted by atomic mass is 10.1. The van der Waals surface area contributed by atoms with Crippen LogP contribution >= 0.6 is 11.8 Å². The van der Waals surface area contributed by atoms with E-state index in [1.54, 1.807) is 11.8 Å². The highest BCUT2D eigenvalue weighted by molar-refractivity contribution is 8.01. The third-order valence-corrected chi connectivity index (χ3v) is 6.38. The minimum Gasteiger partial charge on any atom is -0.338 e. The first-order valence-corrected chi connectivity index (χ1v) is 10.2. The topological polar surface area (TPSA) is 40.6 Å². The molecule has 0 N–H and O–H groups in total. The van der Waals surface area contributed by atoms with Crippen molar-refractivity contribution in [3.63, 3.8) is 0 Å². The van der Waals surface area contributed by atoms with E-state index in [-0.39, 0.29) is 34.4 Å². The van der Waals surface area contributed by atoms with Crippen LogP contribution in [0.3, 0.4) is 0 Å². The fourth-order valence-corrected chi connectivity index (χ4v) is 4.69. The summed E-state index contributed by atoms with van der Waals surface area (Å²) in [6.07, 6.45) is 2.03. The van der Waals surface area contributed by atoms with Gasteiger partial charge in [-0.3, -0.25) is 9.59 Å². The lowest BCUT2D eigenvalue weighted by Gasteiger charge is -2.31. The molecular weight excluding hydrogens is 332 g/mol. The molecule has 0 bridgehead atoms. The molecule has 5 heteroatoms. The first kappa shape index (κ1) is 18.3. The van der Waals surface area contributed by atoms with E-state index in [0.717, 1.165) is 12.8 Å². The number of carbonyl (C=O) groups excluding carboxylic acids is 2. The number of thioether (sulfide) groups is 1. The van der Waals surface area contributed by atoms with Crippen LogP contribution < -0.4 is 0 Å². The molecule has 4 nitrogen and oxygen atoms in total. The zero-order valence-corrected chi connectivity index (χ0v) is 16.4. The highest BCUT2D eigenvalue weighted by Gasteiger charge is 2.39. The van der Waals surface area contributed by atoms with Crippen molar-refractivity contribution in [1.29, 1.82) is 0 Å². The van der Waals surface area contributed by atoms with Crippen molar-refractivity contribution in [1.82, 2.24) is 9.80 Å². The minimum absolute atomic E-state index is 0.0304. The zero-order chi connectivity index (χ0) is 18.1. The first-order valence-electron chi connectivity index (χ1n) is 9.21. The number of aryl methyl sites for hydroxylation is 1. The number of rotatable bonds is 6.